The van der Waals surface area contributed by atoms with Gasteiger partial charge in [0.25, 0.3) is 0 Å². The van der Waals surface area contributed by atoms with Crippen LogP contribution in [-0.2, 0) is 0 Å². The van der Waals surface area contributed by atoms with E-state index >= 15 is 0 Å². The number of hydrogen-bond donors (Lipinski definition) is 8. The smallest absolute Gasteiger partial charge is 0.320 e. The standard InChI is InChI=1S/C6H22O8S2Si4/c7-17(8)5(18(9)10)1-3-15-16-4-2-6(19(11)12)20(13)14/h5-14,17-20H,1-4H2. The maximum absolute atomic E-state index is 9.07. The first-order valence-electron chi connectivity index (χ1n) is 5.96. The molecule has 0 spiro atoms. The summed E-state index contributed by atoms with van der Waals surface area (Å²) < 4.78 is 0. The lowest BCUT2D eigenvalue weighted by atomic mass is 10.6. The van der Waals surface area contributed by atoms with Gasteiger partial charge in [-0.2, -0.15) is 0 Å². The van der Waals surface area contributed by atoms with Gasteiger partial charge in [0.1, 0.15) is 0 Å². The van der Waals surface area contributed by atoms with Gasteiger partial charge in [-0.1, -0.05) is 21.6 Å². The largest absolute Gasteiger partial charge is 0.413 e. The van der Waals surface area contributed by atoms with Gasteiger partial charge in [-0.25, -0.2) is 0 Å². The van der Waals surface area contributed by atoms with E-state index in [1.807, 2.05) is 0 Å². The molecule has 0 unspecified atom stereocenters. The van der Waals surface area contributed by atoms with E-state index in [1.54, 1.807) is 0 Å². The monoisotopic (exact) mass is 398 g/mol. The molecule has 0 aliphatic rings. The molecule has 8 N–H and O–H groups in total. The highest BCUT2D eigenvalue weighted by atomic mass is 33.1. The van der Waals surface area contributed by atoms with Crippen molar-refractivity contribution in [2.24, 2.45) is 0 Å². The predicted octanol–water partition coefficient (Wildman–Crippen LogP) is -4.21. The fourth-order valence-corrected chi connectivity index (χ4v) is 8.94. The van der Waals surface area contributed by atoms with Gasteiger partial charge in [0.15, 0.2) is 0 Å². The Hall–Kier alpha value is 1.25. The average molecular weight is 399 g/mol. The molecule has 0 bridgehead atoms. The molecule has 0 aliphatic carbocycles. The molecule has 0 heterocycles. The Balaban J connectivity index is 3.76. The van der Waals surface area contributed by atoms with Gasteiger partial charge in [-0.15, -0.1) is 0 Å². The first-order valence-corrected chi connectivity index (χ1v) is 15.2. The zero-order valence-electron chi connectivity index (χ0n) is 10.7. The van der Waals surface area contributed by atoms with Crippen molar-refractivity contribution in [3.63, 3.8) is 0 Å². The molecular weight excluding hydrogens is 377 g/mol. The van der Waals surface area contributed by atoms with Crippen molar-refractivity contribution < 1.29 is 38.4 Å². The predicted molar refractivity (Wildman–Crippen MR) is 88.0 cm³/mol. The Bertz CT molecular complexity index is 209. The highest BCUT2D eigenvalue weighted by Crippen LogP contribution is 2.29. The van der Waals surface area contributed by atoms with Crippen LogP contribution >= 0.6 is 21.6 Å². The van der Waals surface area contributed by atoms with Gasteiger partial charge in [0, 0.05) is 21.8 Å². The maximum Gasteiger partial charge on any atom is 0.320 e. The molecule has 0 atom stereocenters. The van der Waals surface area contributed by atoms with E-state index < -0.39 is 47.5 Å². The Kier molecular flexibility index (Phi) is 12.5. The van der Waals surface area contributed by atoms with Crippen molar-refractivity contribution in [3.05, 3.63) is 0 Å². The molecule has 0 aliphatic heterocycles. The van der Waals surface area contributed by atoms with Crippen LogP contribution in [0.4, 0.5) is 0 Å². The minimum atomic E-state index is -3.03. The summed E-state index contributed by atoms with van der Waals surface area (Å²) in [6, 6.07) is 0. The fourth-order valence-electron chi connectivity index (χ4n) is 1.39. The van der Waals surface area contributed by atoms with E-state index in [2.05, 4.69) is 0 Å². The summed E-state index contributed by atoms with van der Waals surface area (Å²) in [5.41, 5.74) is 0. The second-order valence-electron chi connectivity index (χ2n) is 4.20. The van der Waals surface area contributed by atoms with Crippen LogP contribution in [0.3, 0.4) is 0 Å². The molecule has 14 heteroatoms. The van der Waals surface area contributed by atoms with E-state index in [0.717, 1.165) is 0 Å². The van der Waals surface area contributed by atoms with Crippen LogP contribution in [0.15, 0.2) is 0 Å². The molecule has 0 fully saturated rings. The summed E-state index contributed by atoms with van der Waals surface area (Å²) in [5, 5.41) is -1.51. The van der Waals surface area contributed by atoms with Crippen LogP contribution in [0, 0.1) is 0 Å². The van der Waals surface area contributed by atoms with Crippen molar-refractivity contribution in [3.8, 4) is 0 Å². The zero-order chi connectivity index (χ0) is 15.7. The summed E-state index contributed by atoms with van der Waals surface area (Å²) in [6.45, 7) is 0. The Labute approximate surface area is 131 Å². The van der Waals surface area contributed by atoms with Gasteiger partial charge in [0.05, 0.1) is 0 Å². The van der Waals surface area contributed by atoms with Crippen molar-refractivity contribution in [2.75, 3.05) is 11.5 Å². The average Bonchev–Trinajstić information content (AvgIpc) is 2.30. The first-order chi connectivity index (χ1) is 9.27. The highest BCUT2D eigenvalue weighted by Gasteiger charge is 2.29. The van der Waals surface area contributed by atoms with E-state index in [-0.39, 0.29) is 0 Å². The van der Waals surface area contributed by atoms with Crippen LogP contribution in [-0.4, -0.2) is 87.0 Å². The highest BCUT2D eigenvalue weighted by molar-refractivity contribution is 8.76. The Morgan fingerprint density at radius 3 is 1.00 bits per heavy atom. The molecule has 0 rings (SSSR count). The summed E-state index contributed by atoms with van der Waals surface area (Å²) in [6.07, 6.45) is 0.646. The van der Waals surface area contributed by atoms with Gasteiger partial charge >= 0.3 is 37.1 Å². The molecule has 8 nitrogen and oxygen atoms in total. The Morgan fingerprint density at radius 2 is 0.800 bits per heavy atom. The van der Waals surface area contributed by atoms with E-state index in [0.29, 0.717) is 24.3 Å². The van der Waals surface area contributed by atoms with E-state index in [9.17, 15) is 0 Å². The van der Waals surface area contributed by atoms with Gasteiger partial charge in [-0.3, -0.25) is 0 Å². The van der Waals surface area contributed by atoms with E-state index in [4.69, 9.17) is 38.4 Å². The van der Waals surface area contributed by atoms with Crippen LogP contribution in [0.1, 0.15) is 12.8 Å². The van der Waals surface area contributed by atoms with Gasteiger partial charge < -0.3 is 38.4 Å². The molecule has 0 aromatic carbocycles. The van der Waals surface area contributed by atoms with Gasteiger partial charge in [-0.05, 0) is 12.8 Å². The maximum atomic E-state index is 9.07. The number of hydrogen-bond acceptors (Lipinski definition) is 10. The lowest BCUT2D eigenvalue weighted by molar-refractivity contribution is 0.354. The topological polar surface area (TPSA) is 162 Å². The molecular formula is C6H22O8S2Si4. The molecule has 0 saturated carbocycles. The van der Waals surface area contributed by atoms with Crippen molar-refractivity contribution in [1.82, 2.24) is 0 Å². The van der Waals surface area contributed by atoms with Crippen LogP contribution < -0.4 is 0 Å². The third-order valence-electron chi connectivity index (χ3n) is 2.68. The normalized spacial score (nSPS) is 12.9. The minimum absolute atomic E-state index is 0.323. The lowest BCUT2D eigenvalue weighted by Crippen LogP contribution is -2.34. The Morgan fingerprint density at radius 1 is 0.550 bits per heavy atom. The summed E-state index contributed by atoms with van der Waals surface area (Å²) >= 11 is 0. The molecule has 0 saturated heterocycles. The zero-order valence-corrected chi connectivity index (χ0v) is 16.9. The molecule has 20 heavy (non-hydrogen) atoms. The molecule has 0 radical (unpaired) electrons. The van der Waals surface area contributed by atoms with Crippen LogP contribution in [0.25, 0.3) is 0 Å². The third-order valence-corrected chi connectivity index (χ3v) is 13.7. The number of rotatable bonds is 11. The second kappa shape index (κ2) is 11.8. The minimum Gasteiger partial charge on any atom is -0.413 e. The lowest BCUT2D eigenvalue weighted by Gasteiger charge is -2.17. The molecule has 0 aromatic heterocycles. The summed E-state index contributed by atoms with van der Waals surface area (Å²) in [4.78, 5) is 72.6. The summed E-state index contributed by atoms with van der Waals surface area (Å²) in [7, 11) is -9.30. The van der Waals surface area contributed by atoms with Crippen LogP contribution in [0.2, 0.25) is 10.3 Å². The SMILES string of the molecule is O[SiH](O)C(CCSSCCC([SiH](O)O)[SiH](O)O)[SiH](O)O. The van der Waals surface area contributed by atoms with Crippen LogP contribution in [0.5, 0.6) is 0 Å². The first kappa shape index (κ1) is 21.2. The van der Waals surface area contributed by atoms with Crippen molar-refractivity contribution in [1.29, 1.82) is 0 Å². The third kappa shape index (κ3) is 9.30. The van der Waals surface area contributed by atoms with E-state index in [1.165, 1.54) is 21.6 Å². The van der Waals surface area contributed by atoms with Gasteiger partial charge in [0.2, 0.25) is 0 Å². The molecule has 0 aromatic rings. The fraction of sp³-hybridized carbons (Fsp3) is 1.00. The van der Waals surface area contributed by atoms with Crippen molar-refractivity contribution >= 4 is 58.7 Å². The quantitative estimate of drug-likeness (QED) is 0.0972. The molecule has 0 amide bonds. The van der Waals surface area contributed by atoms with Crippen molar-refractivity contribution in [2.45, 2.75) is 23.2 Å². The summed E-state index contributed by atoms with van der Waals surface area (Å²) in [5.74, 6) is 1.04. The second-order valence-corrected chi connectivity index (χ2v) is 15.2. The molecule has 122 valence electrons.